The van der Waals surface area contributed by atoms with Crippen LogP contribution in [0.25, 0.3) is 16.6 Å². The normalized spacial score (nSPS) is 11.2. The molecule has 6 heteroatoms. The van der Waals surface area contributed by atoms with Crippen LogP contribution in [0.5, 0.6) is 0 Å². The summed E-state index contributed by atoms with van der Waals surface area (Å²) < 4.78 is 1.73. The molecule has 0 bridgehead atoms. The average Bonchev–Trinajstić information content (AvgIpc) is 2.75. The number of hydrogen-bond donors (Lipinski definition) is 1. The van der Waals surface area contributed by atoms with E-state index in [0.29, 0.717) is 16.4 Å². The standard InChI is InChI=1S/C12H9ClN4O/c1-6-4-7-5-8(11(14)18)12-15-2-3-17(12)9(7)10(13)16-6/h2-5H,1H3,(H2,14,18). The molecule has 5 nitrogen and oxygen atoms in total. The van der Waals surface area contributed by atoms with Crippen molar-refractivity contribution in [2.75, 3.05) is 0 Å². The number of rotatable bonds is 1. The van der Waals surface area contributed by atoms with Crippen molar-refractivity contribution in [3.8, 4) is 0 Å². The monoisotopic (exact) mass is 260 g/mol. The van der Waals surface area contributed by atoms with Crippen LogP contribution in [-0.2, 0) is 0 Å². The highest BCUT2D eigenvalue weighted by molar-refractivity contribution is 6.34. The Labute approximate surface area is 107 Å². The fourth-order valence-electron chi connectivity index (χ4n) is 2.09. The van der Waals surface area contributed by atoms with Gasteiger partial charge in [0, 0.05) is 23.5 Å². The Balaban J connectivity index is 2.59. The Morgan fingerprint density at radius 1 is 1.44 bits per heavy atom. The molecule has 1 amide bonds. The number of hydrogen-bond acceptors (Lipinski definition) is 3. The molecular weight excluding hydrogens is 252 g/mol. The lowest BCUT2D eigenvalue weighted by Crippen LogP contribution is -2.13. The predicted octanol–water partition coefficient (Wildman–Crippen LogP) is 1.94. The van der Waals surface area contributed by atoms with Gasteiger partial charge in [-0.25, -0.2) is 9.97 Å². The minimum Gasteiger partial charge on any atom is -0.365 e. The third kappa shape index (κ3) is 1.44. The number of halogens is 1. The summed E-state index contributed by atoms with van der Waals surface area (Å²) in [7, 11) is 0. The Bertz CT molecular complexity index is 793. The lowest BCUT2D eigenvalue weighted by atomic mass is 10.1. The molecule has 3 aromatic heterocycles. The summed E-state index contributed by atoms with van der Waals surface area (Å²) in [6.45, 7) is 1.84. The van der Waals surface area contributed by atoms with E-state index >= 15 is 0 Å². The lowest BCUT2D eigenvalue weighted by molar-refractivity contribution is 0.100. The van der Waals surface area contributed by atoms with Gasteiger partial charge in [-0.3, -0.25) is 9.20 Å². The second-order valence-electron chi connectivity index (χ2n) is 4.04. The maximum Gasteiger partial charge on any atom is 0.252 e. The van der Waals surface area contributed by atoms with Crippen LogP contribution in [0.4, 0.5) is 0 Å². The zero-order valence-corrected chi connectivity index (χ0v) is 10.3. The molecule has 0 atom stereocenters. The van der Waals surface area contributed by atoms with E-state index in [-0.39, 0.29) is 0 Å². The van der Waals surface area contributed by atoms with E-state index in [1.54, 1.807) is 22.9 Å². The van der Waals surface area contributed by atoms with Crippen LogP contribution in [0.2, 0.25) is 5.15 Å². The smallest absolute Gasteiger partial charge is 0.252 e. The first-order valence-electron chi connectivity index (χ1n) is 5.30. The van der Waals surface area contributed by atoms with Crippen molar-refractivity contribution in [1.29, 1.82) is 0 Å². The number of aryl methyl sites for hydroxylation is 1. The first-order valence-corrected chi connectivity index (χ1v) is 5.68. The van der Waals surface area contributed by atoms with Gasteiger partial charge in [0.2, 0.25) is 0 Å². The minimum absolute atomic E-state index is 0.370. The molecule has 0 saturated heterocycles. The van der Waals surface area contributed by atoms with E-state index in [1.807, 2.05) is 13.0 Å². The molecule has 18 heavy (non-hydrogen) atoms. The second-order valence-corrected chi connectivity index (χ2v) is 4.39. The third-order valence-electron chi connectivity index (χ3n) is 2.80. The highest BCUT2D eigenvalue weighted by atomic mass is 35.5. The van der Waals surface area contributed by atoms with Gasteiger partial charge >= 0.3 is 0 Å². The number of nitrogens with zero attached hydrogens (tertiary/aromatic N) is 3. The molecule has 0 unspecified atom stereocenters. The van der Waals surface area contributed by atoms with E-state index in [4.69, 9.17) is 17.3 Å². The Morgan fingerprint density at radius 2 is 2.22 bits per heavy atom. The van der Waals surface area contributed by atoms with Crippen molar-refractivity contribution in [2.45, 2.75) is 6.92 Å². The predicted molar refractivity (Wildman–Crippen MR) is 68.8 cm³/mol. The van der Waals surface area contributed by atoms with Crippen LogP contribution < -0.4 is 5.73 Å². The number of imidazole rings is 1. The van der Waals surface area contributed by atoms with E-state index in [9.17, 15) is 4.79 Å². The van der Waals surface area contributed by atoms with Gasteiger partial charge in [-0.15, -0.1) is 0 Å². The number of primary amides is 1. The molecule has 0 aliphatic heterocycles. The molecule has 0 radical (unpaired) electrons. The molecule has 3 heterocycles. The van der Waals surface area contributed by atoms with Gasteiger partial charge in [0.1, 0.15) is 5.65 Å². The largest absolute Gasteiger partial charge is 0.365 e. The van der Waals surface area contributed by atoms with E-state index in [0.717, 1.165) is 16.6 Å². The summed E-state index contributed by atoms with van der Waals surface area (Å²) in [4.78, 5) is 19.8. The highest BCUT2D eigenvalue weighted by Gasteiger charge is 2.14. The van der Waals surface area contributed by atoms with Crippen LogP contribution in [0, 0.1) is 6.92 Å². The zero-order valence-electron chi connectivity index (χ0n) is 9.51. The summed E-state index contributed by atoms with van der Waals surface area (Å²) in [6.07, 6.45) is 3.32. The molecule has 0 aromatic carbocycles. The van der Waals surface area contributed by atoms with Crippen LogP contribution in [0.3, 0.4) is 0 Å². The molecule has 3 rings (SSSR count). The molecular formula is C12H9ClN4O. The number of carbonyl (C=O) groups is 1. The Kier molecular flexibility index (Phi) is 2.24. The van der Waals surface area contributed by atoms with E-state index < -0.39 is 5.91 Å². The van der Waals surface area contributed by atoms with Gasteiger partial charge in [-0.2, -0.15) is 0 Å². The summed E-state index contributed by atoms with van der Waals surface area (Å²) >= 11 is 6.15. The molecule has 0 aliphatic carbocycles. The van der Waals surface area contributed by atoms with Crippen LogP contribution in [0.15, 0.2) is 24.5 Å². The number of nitrogens with two attached hydrogens (primary N) is 1. The Hall–Kier alpha value is -2.14. The Morgan fingerprint density at radius 3 is 2.94 bits per heavy atom. The van der Waals surface area contributed by atoms with Gasteiger partial charge in [-0.1, -0.05) is 11.6 Å². The van der Waals surface area contributed by atoms with Crippen molar-refractivity contribution >= 4 is 34.1 Å². The van der Waals surface area contributed by atoms with Gasteiger partial charge in [-0.05, 0) is 19.1 Å². The second kappa shape index (κ2) is 3.68. The summed E-state index contributed by atoms with van der Waals surface area (Å²) in [5, 5.41) is 1.19. The van der Waals surface area contributed by atoms with Crippen molar-refractivity contribution in [3.05, 3.63) is 40.9 Å². The average molecular weight is 261 g/mol. The number of pyridine rings is 2. The highest BCUT2D eigenvalue weighted by Crippen LogP contribution is 2.26. The number of aromatic nitrogens is 3. The first kappa shape index (κ1) is 11.0. The maximum atomic E-state index is 11.4. The fourth-order valence-corrected chi connectivity index (χ4v) is 2.42. The maximum absolute atomic E-state index is 11.4. The molecule has 0 spiro atoms. The van der Waals surface area contributed by atoms with Gasteiger partial charge < -0.3 is 5.73 Å². The van der Waals surface area contributed by atoms with Crippen molar-refractivity contribution in [2.24, 2.45) is 5.73 Å². The first-order chi connectivity index (χ1) is 8.58. The van der Waals surface area contributed by atoms with Crippen LogP contribution in [0.1, 0.15) is 16.1 Å². The lowest BCUT2D eigenvalue weighted by Gasteiger charge is -2.08. The van der Waals surface area contributed by atoms with Gasteiger partial charge in [0.25, 0.3) is 5.91 Å². The number of fused-ring (bicyclic) bond motifs is 3. The van der Waals surface area contributed by atoms with Gasteiger partial charge in [0.15, 0.2) is 5.15 Å². The molecule has 3 aromatic rings. The molecule has 2 N–H and O–H groups in total. The third-order valence-corrected chi connectivity index (χ3v) is 3.06. The fraction of sp³-hybridized carbons (Fsp3) is 0.0833. The summed E-state index contributed by atoms with van der Waals surface area (Å²) in [5.41, 5.74) is 7.73. The van der Waals surface area contributed by atoms with Crippen LogP contribution >= 0.6 is 11.6 Å². The van der Waals surface area contributed by atoms with E-state index in [2.05, 4.69) is 9.97 Å². The topological polar surface area (TPSA) is 73.3 Å². The summed E-state index contributed by atoms with van der Waals surface area (Å²) in [6, 6.07) is 3.55. The quantitative estimate of drug-likeness (QED) is 0.680. The SMILES string of the molecule is Cc1cc2cc(C(N)=O)c3nccn3c2c(Cl)n1. The van der Waals surface area contributed by atoms with Crippen molar-refractivity contribution in [1.82, 2.24) is 14.4 Å². The van der Waals surface area contributed by atoms with Crippen molar-refractivity contribution < 1.29 is 4.79 Å². The molecule has 0 aliphatic rings. The van der Waals surface area contributed by atoms with Crippen molar-refractivity contribution in [3.63, 3.8) is 0 Å². The van der Waals surface area contributed by atoms with Crippen LogP contribution in [-0.4, -0.2) is 20.3 Å². The van der Waals surface area contributed by atoms with Gasteiger partial charge in [0.05, 0.1) is 11.1 Å². The number of carbonyl (C=O) groups excluding carboxylic acids is 1. The zero-order chi connectivity index (χ0) is 12.9. The minimum atomic E-state index is -0.515. The molecule has 90 valence electrons. The molecule has 0 saturated carbocycles. The molecule has 0 fully saturated rings. The summed E-state index contributed by atoms with van der Waals surface area (Å²) in [5.74, 6) is -0.515. The number of amides is 1. The van der Waals surface area contributed by atoms with E-state index in [1.165, 1.54) is 0 Å².